The molecule has 2 aromatic rings. The molecular weight excluding hydrogens is 488 g/mol. The van der Waals surface area contributed by atoms with Crippen LogP contribution in [-0.2, 0) is 9.47 Å². The fourth-order valence-electron chi connectivity index (χ4n) is 5.14. The Morgan fingerprint density at radius 1 is 1.22 bits per heavy atom. The number of anilines is 2. The Morgan fingerprint density at radius 3 is 2.73 bits per heavy atom. The number of hydrogen-bond donors (Lipinski definition) is 3. The summed E-state index contributed by atoms with van der Waals surface area (Å²) in [6.45, 7) is 5.74. The van der Waals surface area contributed by atoms with Crippen LogP contribution >= 0.6 is 11.6 Å². The molecule has 0 spiro atoms. The van der Waals surface area contributed by atoms with Crippen LogP contribution in [0.1, 0.15) is 45.4 Å². The van der Waals surface area contributed by atoms with Gasteiger partial charge in [0, 0.05) is 50.7 Å². The minimum atomic E-state index is -0.418. The molecule has 1 saturated carbocycles. The molecule has 0 unspecified atom stereocenters. The van der Waals surface area contributed by atoms with Gasteiger partial charge in [0.15, 0.2) is 0 Å². The molecule has 2 aliphatic rings. The van der Waals surface area contributed by atoms with Crippen molar-refractivity contribution in [3.8, 4) is 17.3 Å². The first-order chi connectivity index (χ1) is 18.0. The van der Waals surface area contributed by atoms with E-state index in [2.05, 4.69) is 33.9 Å². The minimum Gasteiger partial charge on any atom is -0.383 e. The summed E-state index contributed by atoms with van der Waals surface area (Å²) in [6.07, 6.45) is 7.77. The van der Waals surface area contributed by atoms with Crippen LogP contribution in [0, 0.1) is 22.7 Å². The zero-order chi connectivity index (χ0) is 26.1. The maximum atomic E-state index is 9.73. The third-order valence-electron chi connectivity index (χ3n) is 7.55. The summed E-state index contributed by atoms with van der Waals surface area (Å²) in [7, 11) is 1.74. The molecular formula is C28H39ClN6O2. The second kappa shape index (κ2) is 13.4. The molecule has 0 amide bonds. The first kappa shape index (κ1) is 27.6. The van der Waals surface area contributed by atoms with Gasteiger partial charge in [-0.15, -0.1) is 0 Å². The largest absolute Gasteiger partial charge is 0.383 e. The number of nitrogens with one attached hydrogen (secondary N) is 3. The van der Waals surface area contributed by atoms with Crippen LogP contribution in [0.25, 0.3) is 11.3 Å². The molecule has 2 aromatic heterocycles. The van der Waals surface area contributed by atoms with E-state index in [0.29, 0.717) is 42.8 Å². The van der Waals surface area contributed by atoms with Crippen LogP contribution in [0.3, 0.4) is 0 Å². The fraction of sp³-hybridized carbons (Fsp3) is 0.607. The average molecular weight is 527 g/mol. The zero-order valence-electron chi connectivity index (χ0n) is 21.9. The van der Waals surface area contributed by atoms with Gasteiger partial charge in [-0.2, -0.15) is 5.26 Å². The molecule has 8 nitrogen and oxygen atoms in total. The minimum absolute atomic E-state index is 0.383. The molecule has 1 aliphatic carbocycles. The molecule has 2 fully saturated rings. The number of rotatable bonds is 11. The van der Waals surface area contributed by atoms with Gasteiger partial charge in [-0.25, -0.2) is 9.97 Å². The number of aromatic nitrogens is 2. The van der Waals surface area contributed by atoms with Crippen molar-refractivity contribution in [2.24, 2.45) is 11.3 Å². The number of nitriles is 1. The molecule has 1 saturated heterocycles. The van der Waals surface area contributed by atoms with Gasteiger partial charge in [0.1, 0.15) is 11.6 Å². The van der Waals surface area contributed by atoms with Gasteiger partial charge in [0.25, 0.3) is 0 Å². The van der Waals surface area contributed by atoms with Crippen molar-refractivity contribution in [1.82, 2.24) is 15.3 Å². The van der Waals surface area contributed by atoms with Crippen molar-refractivity contribution in [1.29, 1.82) is 5.26 Å². The van der Waals surface area contributed by atoms with Gasteiger partial charge in [-0.05, 0) is 76.1 Å². The highest BCUT2D eigenvalue weighted by Crippen LogP contribution is 2.32. The van der Waals surface area contributed by atoms with Gasteiger partial charge in [0.05, 0.1) is 28.8 Å². The number of pyridine rings is 2. The Hall–Kier alpha value is -2.44. The molecule has 37 heavy (non-hydrogen) atoms. The van der Waals surface area contributed by atoms with E-state index in [4.69, 9.17) is 26.1 Å². The Kier molecular flexibility index (Phi) is 9.98. The van der Waals surface area contributed by atoms with Gasteiger partial charge in [-0.1, -0.05) is 17.7 Å². The van der Waals surface area contributed by atoms with E-state index in [1.165, 1.54) is 12.8 Å². The first-order valence-electron chi connectivity index (χ1n) is 13.3. The molecule has 1 aliphatic heterocycles. The summed E-state index contributed by atoms with van der Waals surface area (Å²) >= 11 is 6.55. The van der Waals surface area contributed by atoms with Gasteiger partial charge >= 0.3 is 0 Å². The molecule has 3 N–H and O–H groups in total. The maximum Gasteiger partial charge on any atom is 0.126 e. The summed E-state index contributed by atoms with van der Waals surface area (Å²) in [6, 6.07) is 11.1. The van der Waals surface area contributed by atoms with Crippen molar-refractivity contribution in [2.75, 3.05) is 50.7 Å². The molecule has 3 heterocycles. The van der Waals surface area contributed by atoms with Crippen LogP contribution in [0.4, 0.5) is 11.6 Å². The van der Waals surface area contributed by atoms with E-state index in [1.807, 2.05) is 24.3 Å². The smallest absolute Gasteiger partial charge is 0.126 e. The van der Waals surface area contributed by atoms with E-state index < -0.39 is 5.41 Å². The van der Waals surface area contributed by atoms with Crippen LogP contribution in [0.2, 0.25) is 5.02 Å². The van der Waals surface area contributed by atoms with Crippen molar-refractivity contribution >= 4 is 23.2 Å². The number of methoxy groups -OCH3 is 1. The molecule has 1 atom stereocenters. The lowest BCUT2D eigenvalue weighted by Gasteiger charge is -2.30. The fourth-order valence-corrected chi connectivity index (χ4v) is 5.34. The van der Waals surface area contributed by atoms with Gasteiger partial charge < -0.3 is 25.4 Å². The van der Waals surface area contributed by atoms with Crippen molar-refractivity contribution in [2.45, 2.75) is 57.5 Å². The Labute approximate surface area is 225 Å². The van der Waals surface area contributed by atoms with Crippen molar-refractivity contribution in [3.05, 3.63) is 35.5 Å². The Morgan fingerprint density at radius 2 is 2.00 bits per heavy atom. The van der Waals surface area contributed by atoms with Gasteiger partial charge in [-0.3, -0.25) is 0 Å². The van der Waals surface area contributed by atoms with Crippen LogP contribution in [-0.4, -0.2) is 62.1 Å². The summed E-state index contributed by atoms with van der Waals surface area (Å²) in [5, 5.41) is 20.9. The predicted octanol–water partition coefficient (Wildman–Crippen LogP) is 5.12. The number of nitrogens with zero attached hydrogens (tertiary/aromatic N) is 3. The third-order valence-corrected chi connectivity index (χ3v) is 7.85. The van der Waals surface area contributed by atoms with Crippen molar-refractivity contribution < 1.29 is 9.47 Å². The maximum absolute atomic E-state index is 9.73. The highest BCUT2D eigenvalue weighted by atomic mass is 35.5. The summed E-state index contributed by atoms with van der Waals surface area (Å²) in [5.74, 6) is 2.25. The lowest BCUT2D eigenvalue weighted by molar-refractivity contribution is 0.0455. The van der Waals surface area contributed by atoms with E-state index in [1.54, 1.807) is 13.3 Å². The summed E-state index contributed by atoms with van der Waals surface area (Å²) in [4.78, 5) is 9.33. The molecule has 0 bridgehead atoms. The van der Waals surface area contributed by atoms with E-state index in [0.717, 1.165) is 61.7 Å². The van der Waals surface area contributed by atoms with Crippen LogP contribution < -0.4 is 16.0 Å². The summed E-state index contributed by atoms with van der Waals surface area (Å²) in [5.41, 5.74) is 1.20. The molecule has 0 radical (unpaired) electrons. The lowest BCUT2D eigenvalue weighted by Crippen LogP contribution is -2.37. The second-order valence-electron chi connectivity index (χ2n) is 10.4. The van der Waals surface area contributed by atoms with Crippen molar-refractivity contribution in [3.63, 3.8) is 0 Å². The quantitative estimate of drug-likeness (QED) is 0.370. The van der Waals surface area contributed by atoms with E-state index >= 15 is 0 Å². The molecule has 9 heteroatoms. The SMILES string of the molecule is COC[C@@H](C)NCC1CCC(Nc2cc(-c3cccc(NCC4(C#N)CCOCC4)n3)c(Cl)cn2)CC1. The number of ether oxygens (including phenoxy) is 2. The zero-order valence-corrected chi connectivity index (χ0v) is 22.7. The average Bonchev–Trinajstić information content (AvgIpc) is 2.93. The Balaban J connectivity index is 1.34. The predicted molar refractivity (Wildman–Crippen MR) is 148 cm³/mol. The third kappa shape index (κ3) is 7.78. The summed E-state index contributed by atoms with van der Waals surface area (Å²) < 4.78 is 10.7. The highest BCUT2D eigenvalue weighted by molar-refractivity contribution is 6.33. The van der Waals surface area contributed by atoms with Crippen LogP contribution in [0.5, 0.6) is 0 Å². The monoisotopic (exact) mass is 526 g/mol. The number of hydrogen-bond acceptors (Lipinski definition) is 8. The molecule has 0 aromatic carbocycles. The first-order valence-corrected chi connectivity index (χ1v) is 13.7. The Bertz CT molecular complexity index is 1050. The molecule has 4 rings (SSSR count). The second-order valence-corrected chi connectivity index (χ2v) is 10.8. The normalized spacial score (nSPS) is 22.1. The van der Waals surface area contributed by atoms with Crippen LogP contribution in [0.15, 0.2) is 30.5 Å². The molecule has 200 valence electrons. The van der Waals surface area contributed by atoms with Gasteiger partial charge in [0.2, 0.25) is 0 Å². The lowest BCUT2D eigenvalue weighted by atomic mass is 9.82. The standard InChI is InChI=1S/C28H39ClN6O2/c1-20(17-36-2)31-15-21-6-8-22(9-7-21)34-27-14-23(24(29)16-32-27)25-4-3-5-26(35-25)33-19-28(18-30)10-12-37-13-11-28/h3-5,14,16,20-22,31H,6-13,15,17,19H2,1-2H3,(H,32,34)(H,33,35)/t20-,21?,22?/m1/s1. The van der Waals surface area contributed by atoms with E-state index in [9.17, 15) is 5.26 Å². The number of halogens is 1. The topological polar surface area (TPSA) is 104 Å². The van der Waals surface area contributed by atoms with E-state index in [-0.39, 0.29) is 0 Å². The highest BCUT2D eigenvalue weighted by Gasteiger charge is 2.32.